The molecule has 3 rings (SSSR count). The van der Waals surface area contributed by atoms with E-state index in [1.807, 2.05) is 19.2 Å². The van der Waals surface area contributed by atoms with Gasteiger partial charge in [-0.1, -0.05) is 0 Å². The molecule has 0 saturated carbocycles. The van der Waals surface area contributed by atoms with Crippen LogP contribution in [0.1, 0.15) is 18.2 Å². The van der Waals surface area contributed by atoms with Crippen LogP contribution in [-0.2, 0) is 19.5 Å². The third-order valence-corrected chi connectivity index (χ3v) is 3.71. The molecule has 2 N–H and O–H groups in total. The van der Waals surface area contributed by atoms with E-state index in [0.717, 1.165) is 17.8 Å². The van der Waals surface area contributed by atoms with Gasteiger partial charge in [0.1, 0.15) is 18.2 Å². The average Bonchev–Trinajstić information content (AvgIpc) is 3.00. The first kappa shape index (κ1) is 15.3. The van der Waals surface area contributed by atoms with Gasteiger partial charge in [0, 0.05) is 12.7 Å². The van der Waals surface area contributed by atoms with Crippen LogP contribution >= 0.6 is 0 Å². The highest BCUT2D eigenvalue weighted by Gasteiger charge is 2.21. The van der Waals surface area contributed by atoms with E-state index in [1.165, 1.54) is 12.1 Å². The molecule has 7 heteroatoms. The summed E-state index contributed by atoms with van der Waals surface area (Å²) in [6.07, 6.45) is 2.42. The van der Waals surface area contributed by atoms with Gasteiger partial charge in [0.05, 0.1) is 18.3 Å². The van der Waals surface area contributed by atoms with E-state index in [4.69, 9.17) is 4.74 Å². The second-order valence-electron chi connectivity index (χ2n) is 5.45. The van der Waals surface area contributed by atoms with Crippen LogP contribution in [0, 0.1) is 5.82 Å². The fourth-order valence-electron chi connectivity index (χ4n) is 2.54. The fraction of sp³-hybridized carbons (Fsp3) is 0.375. The molecular formula is C16H19FN4O2. The van der Waals surface area contributed by atoms with Crippen LogP contribution in [-0.4, -0.2) is 28.5 Å². The van der Waals surface area contributed by atoms with Gasteiger partial charge in [-0.05, 0) is 43.2 Å². The molecule has 0 saturated heterocycles. The van der Waals surface area contributed by atoms with Crippen LogP contribution in [0.5, 0.6) is 5.75 Å². The van der Waals surface area contributed by atoms with Crippen molar-refractivity contribution >= 4 is 6.03 Å². The summed E-state index contributed by atoms with van der Waals surface area (Å²) in [6, 6.07) is 5.83. The summed E-state index contributed by atoms with van der Waals surface area (Å²) < 4.78 is 20.6. The molecule has 2 heterocycles. The number of rotatable bonds is 4. The number of halogens is 1. The van der Waals surface area contributed by atoms with Crippen LogP contribution in [0.4, 0.5) is 9.18 Å². The standard InChI is InChI=1S/C16H19FN4O2/c1-2-21-6-5-13(20-21)9-18-16(22)19-14-8-11-7-12(17)3-4-15(11)23-10-14/h3-7,14H,2,8-10H2,1H3,(H2,18,19,22). The summed E-state index contributed by atoms with van der Waals surface area (Å²) in [4.78, 5) is 12.0. The molecule has 0 spiro atoms. The number of carbonyl (C=O) groups is 1. The Labute approximate surface area is 133 Å². The number of nitrogens with one attached hydrogen (secondary N) is 2. The Morgan fingerprint density at radius 3 is 3.13 bits per heavy atom. The number of hydrogen-bond donors (Lipinski definition) is 2. The minimum atomic E-state index is -0.302. The molecule has 0 bridgehead atoms. The van der Waals surface area contributed by atoms with Crippen molar-refractivity contribution < 1.29 is 13.9 Å². The molecule has 1 aliphatic rings. The van der Waals surface area contributed by atoms with Crippen LogP contribution in [0.25, 0.3) is 0 Å². The van der Waals surface area contributed by atoms with Gasteiger partial charge in [0.15, 0.2) is 0 Å². The van der Waals surface area contributed by atoms with Crippen molar-refractivity contribution in [2.75, 3.05) is 6.61 Å². The molecule has 0 fully saturated rings. The minimum Gasteiger partial charge on any atom is -0.491 e. The van der Waals surface area contributed by atoms with Gasteiger partial charge in [-0.15, -0.1) is 0 Å². The number of benzene rings is 1. The zero-order valence-corrected chi connectivity index (χ0v) is 12.9. The number of fused-ring (bicyclic) bond motifs is 1. The number of aryl methyl sites for hydroxylation is 1. The van der Waals surface area contributed by atoms with E-state index in [0.29, 0.717) is 25.3 Å². The van der Waals surface area contributed by atoms with Crippen LogP contribution < -0.4 is 15.4 Å². The number of hydrogen-bond acceptors (Lipinski definition) is 3. The van der Waals surface area contributed by atoms with E-state index in [9.17, 15) is 9.18 Å². The Morgan fingerprint density at radius 1 is 1.48 bits per heavy atom. The molecule has 122 valence electrons. The molecule has 1 unspecified atom stereocenters. The molecule has 6 nitrogen and oxygen atoms in total. The van der Waals surface area contributed by atoms with Crippen molar-refractivity contribution in [2.24, 2.45) is 0 Å². The fourth-order valence-corrected chi connectivity index (χ4v) is 2.54. The SMILES string of the molecule is CCn1ccc(CNC(=O)NC2COc3ccc(F)cc3C2)n1. The molecule has 23 heavy (non-hydrogen) atoms. The number of nitrogens with zero attached hydrogens (tertiary/aromatic N) is 2. The number of ether oxygens (including phenoxy) is 1. The van der Waals surface area contributed by atoms with E-state index >= 15 is 0 Å². The van der Waals surface area contributed by atoms with E-state index in [1.54, 1.807) is 10.7 Å². The zero-order valence-electron chi connectivity index (χ0n) is 12.9. The summed E-state index contributed by atoms with van der Waals surface area (Å²) in [5, 5.41) is 9.90. The Balaban J connectivity index is 1.50. The average molecular weight is 318 g/mol. The summed E-state index contributed by atoms with van der Waals surface area (Å²) in [6.45, 7) is 3.52. The van der Waals surface area contributed by atoms with E-state index < -0.39 is 0 Å². The first-order valence-corrected chi connectivity index (χ1v) is 7.62. The summed E-state index contributed by atoms with van der Waals surface area (Å²) in [5.74, 6) is 0.374. The molecular weight excluding hydrogens is 299 g/mol. The Kier molecular flexibility index (Phi) is 4.45. The highest BCUT2D eigenvalue weighted by Crippen LogP contribution is 2.25. The number of aromatic nitrogens is 2. The Morgan fingerprint density at radius 2 is 2.35 bits per heavy atom. The van der Waals surface area contributed by atoms with Crippen LogP contribution in [0.3, 0.4) is 0 Å². The Bertz CT molecular complexity index is 701. The lowest BCUT2D eigenvalue weighted by molar-refractivity contribution is 0.214. The van der Waals surface area contributed by atoms with Crippen LogP contribution in [0.15, 0.2) is 30.5 Å². The van der Waals surface area contributed by atoms with Crippen LogP contribution in [0.2, 0.25) is 0 Å². The maximum absolute atomic E-state index is 13.3. The predicted octanol–water partition coefficient (Wildman–Crippen LogP) is 1.84. The molecule has 1 aromatic heterocycles. The topological polar surface area (TPSA) is 68.2 Å². The molecule has 1 atom stereocenters. The summed E-state index contributed by atoms with van der Waals surface area (Å²) in [5.41, 5.74) is 1.57. The lowest BCUT2D eigenvalue weighted by Crippen LogP contribution is -2.47. The van der Waals surface area contributed by atoms with E-state index in [-0.39, 0.29) is 17.9 Å². The van der Waals surface area contributed by atoms with Crippen molar-refractivity contribution in [2.45, 2.75) is 32.5 Å². The van der Waals surface area contributed by atoms with Gasteiger partial charge in [-0.25, -0.2) is 9.18 Å². The highest BCUT2D eigenvalue weighted by molar-refractivity contribution is 5.74. The van der Waals surface area contributed by atoms with Crippen molar-refractivity contribution in [3.8, 4) is 5.75 Å². The quantitative estimate of drug-likeness (QED) is 0.904. The molecule has 1 aromatic carbocycles. The van der Waals surface area contributed by atoms with Gasteiger partial charge in [-0.2, -0.15) is 5.10 Å². The smallest absolute Gasteiger partial charge is 0.315 e. The lowest BCUT2D eigenvalue weighted by Gasteiger charge is -2.26. The molecule has 2 aromatic rings. The highest BCUT2D eigenvalue weighted by atomic mass is 19.1. The van der Waals surface area contributed by atoms with Gasteiger partial charge in [0.25, 0.3) is 0 Å². The third kappa shape index (κ3) is 3.80. The van der Waals surface area contributed by atoms with Gasteiger partial charge in [-0.3, -0.25) is 4.68 Å². The molecule has 2 amide bonds. The van der Waals surface area contributed by atoms with E-state index in [2.05, 4.69) is 15.7 Å². The van der Waals surface area contributed by atoms with Gasteiger partial charge < -0.3 is 15.4 Å². The molecule has 1 aliphatic heterocycles. The molecule has 0 aliphatic carbocycles. The molecule has 0 radical (unpaired) electrons. The summed E-state index contributed by atoms with van der Waals surface area (Å²) in [7, 11) is 0. The largest absolute Gasteiger partial charge is 0.491 e. The maximum atomic E-state index is 13.3. The zero-order chi connectivity index (χ0) is 16.2. The number of amides is 2. The predicted molar refractivity (Wildman–Crippen MR) is 82.7 cm³/mol. The first-order valence-electron chi connectivity index (χ1n) is 7.62. The summed E-state index contributed by atoms with van der Waals surface area (Å²) >= 11 is 0. The monoisotopic (exact) mass is 318 g/mol. The van der Waals surface area contributed by atoms with Gasteiger partial charge in [0.2, 0.25) is 0 Å². The minimum absolute atomic E-state index is 0.183. The lowest BCUT2D eigenvalue weighted by atomic mass is 10.0. The number of urea groups is 1. The number of carbonyl (C=O) groups excluding carboxylic acids is 1. The second-order valence-corrected chi connectivity index (χ2v) is 5.45. The van der Waals surface area contributed by atoms with Crippen molar-refractivity contribution in [1.82, 2.24) is 20.4 Å². The first-order chi connectivity index (χ1) is 11.1. The normalized spacial score (nSPS) is 16.3. The second kappa shape index (κ2) is 6.68. The Hall–Kier alpha value is -2.57. The third-order valence-electron chi connectivity index (χ3n) is 3.71. The van der Waals surface area contributed by atoms with Gasteiger partial charge >= 0.3 is 6.03 Å². The van der Waals surface area contributed by atoms with Crippen molar-refractivity contribution in [3.05, 3.63) is 47.5 Å². The van der Waals surface area contributed by atoms with Crippen molar-refractivity contribution in [3.63, 3.8) is 0 Å². The maximum Gasteiger partial charge on any atom is 0.315 e. The van der Waals surface area contributed by atoms with Crippen molar-refractivity contribution in [1.29, 1.82) is 0 Å².